The second kappa shape index (κ2) is 7.56. The number of fused-ring (bicyclic) bond motifs is 2. The Morgan fingerprint density at radius 2 is 2.07 bits per heavy atom. The smallest absolute Gasteiger partial charge is 0.173 e. The molecule has 0 amide bonds. The Bertz CT molecular complexity index is 1180. The number of Topliss-reactive ketones (excluding diaryl/α,β-unsaturated/α-hetero) is 1. The van der Waals surface area contributed by atoms with E-state index in [-0.39, 0.29) is 5.78 Å². The van der Waals surface area contributed by atoms with Crippen molar-refractivity contribution in [2.24, 2.45) is 0 Å². The molecule has 146 valence electrons. The van der Waals surface area contributed by atoms with E-state index < -0.39 is 0 Å². The molecule has 1 aliphatic carbocycles. The molecule has 4 aromatic rings. The molecule has 1 N–H and O–H groups in total. The van der Waals surface area contributed by atoms with E-state index in [1.807, 2.05) is 30.7 Å². The minimum atomic E-state index is 0.248. The van der Waals surface area contributed by atoms with Crippen molar-refractivity contribution in [3.8, 4) is 11.1 Å². The summed E-state index contributed by atoms with van der Waals surface area (Å²) in [7, 11) is 0. The summed E-state index contributed by atoms with van der Waals surface area (Å²) in [5.41, 5.74) is 6.61. The summed E-state index contributed by atoms with van der Waals surface area (Å²) < 4.78 is 0. The molecule has 0 fully saturated rings. The van der Waals surface area contributed by atoms with Crippen molar-refractivity contribution >= 4 is 28.2 Å². The van der Waals surface area contributed by atoms with Gasteiger partial charge in [0.1, 0.15) is 5.65 Å². The number of aromatic nitrogens is 3. The Balaban J connectivity index is 1.33. The number of nitrogens with zero attached hydrogens (tertiary/aromatic N) is 2. The van der Waals surface area contributed by atoms with Gasteiger partial charge in [0.05, 0.1) is 4.88 Å². The maximum absolute atomic E-state index is 12.7. The molecule has 0 atom stereocenters. The number of nitrogens with one attached hydrogen (secondary N) is 1. The molecular weight excluding hydrogens is 378 g/mol. The summed E-state index contributed by atoms with van der Waals surface area (Å²) in [5.74, 6) is 0.248. The van der Waals surface area contributed by atoms with Gasteiger partial charge in [-0.3, -0.25) is 9.78 Å². The van der Waals surface area contributed by atoms with Gasteiger partial charge in [-0.15, -0.1) is 11.3 Å². The molecule has 0 aromatic carbocycles. The number of rotatable bonds is 5. The van der Waals surface area contributed by atoms with E-state index in [0.29, 0.717) is 12.8 Å². The van der Waals surface area contributed by atoms with Crippen molar-refractivity contribution in [1.29, 1.82) is 0 Å². The fourth-order valence-corrected chi connectivity index (χ4v) is 5.43. The van der Waals surface area contributed by atoms with Gasteiger partial charge in [0, 0.05) is 46.5 Å². The normalized spacial score (nSPS) is 13.6. The second-order valence-electron chi connectivity index (χ2n) is 7.78. The molecule has 0 bridgehead atoms. The fraction of sp³-hybridized carbons (Fsp3) is 0.292. The molecule has 0 saturated carbocycles. The number of carbonyl (C=O) groups is 1. The molecule has 0 saturated heterocycles. The summed E-state index contributed by atoms with van der Waals surface area (Å²) in [6.07, 6.45) is 11.6. The number of thiophene rings is 1. The largest absolute Gasteiger partial charge is 0.346 e. The van der Waals surface area contributed by atoms with Crippen molar-refractivity contribution in [2.75, 3.05) is 0 Å². The lowest BCUT2D eigenvalue weighted by molar-refractivity contribution is 0.0986. The average molecular weight is 402 g/mol. The van der Waals surface area contributed by atoms with Gasteiger partial charge in [0.2, 0.25) is 0 Å². The Morgan fingerprint density at radius 3 is 2.93 bits per heavy atom. The maximum Gasteiger partial charge on any atom is 0.173 e. The highest BCUT2D eigenvalue weighted by atomic mass is 32.1. The number of hydrogen-bond acceptors (Lipinski definition) is 4. The first-order valence-corrected chi connectivity index (χ1v) is 11.0. The van der Waals surface area contributed by atoms with Gasteiger partial charge in [-0.2, -0.15) is 0 Å². The Hall–Kier alpha value is -2.79. The molecule has 5 rings (SSSR count). The summed E-state index contributed by atoms with van der Waals surface area (Å²) in [5, 5.41) is 1.10. The number of aromatic amines is 1. The minimum absolute atomic E-state index is 0.248. The number of hydrogen-bond donors (Lipinski definition) is 1. The van der Waals surface area contributed by atoms with Gasteiger partial charge in [-0.25, -0.2) is 4.98 Å². The van der Waals surface area contributed by atoms with Crippen LogP contribution in [0.3, 0.4) is 0 Å². The second-order valence-corrected chi connectivity index (χ2v) is 8.91. The van der Waals surface area contributed by atoms with Crippen LogP contribution in [-0.4, -0.2) is 20.7 Å². The molecule has 5 heteroatoms. The third-order valence-corrected chi connectivity index (χ3v) is 7.10. The van der Waals surface area contributed by atoms with Crippen molar-refractivity contribution in [1.82, 2.24) is 15.0 Å². The van der Waals surface area contributed by atoms with Gasteiger partial charge >= 0.3 is 0 Å². The van der Waals surface area contributed by atoms with E-state index in [1.165, 1.54) is 23.3 Å². The topological polar surface area (TPSA) is 58.6 Å². The molecule has 4 heterocycles. The first kappa shape index (κ1) is 18.3. The highest BCUT2D eigenvalue weighted by Gasteiger charge is 2.17. The molecule has 4 nitrogen and oxygen atoms in total. The first-order valence-electron chi connectivity index (χ1n) is 10.2. The molecule has 4 aromatic heterocycles. The molecule has 0 aliphatic heterocycles. The van der Waals surface area contributed by atoms with Crippen LogP contribution in [0.25, 0.3) is 22.2 Å². The molecule has 1 aliphatic rings. The minimum Gasteiger partial charge on any atom is -0.346 e. The fourth-order valence-electron chi connectivity index (χ4n) is 4.21. The van der Waals surface area contributed by atoms with E-state index >= 15 is 0 Å². The average Bonchev–Trinajstić information content (AvgIpc) is 3.39. The van der Waals surface area contributed by atoms with Crippen molar-refractivity contribution in [3.63, 3.8) is 0 Å². The van der Waals surface area contributed by atoms with Crippen LogP contribution in [0.2, 0.25) is 0 Å². The van der Waals surface area contributed by atoms with Crippen molar-refractivity contribution < 1.29 is 4.79 Å². The Labute approximate surface area is 174 Å². The SMILES string of the molecule is Cc1cc(-c2ccnc3[nH]ccc23)cnc1CCC(=O)c1cc2c(s1)CCCC2. The van der Waals surface area contributed by atoms with E-state index in [4.69, 9.17) is 4.98 Å². The third kappa shape index (κ3) is 3.51. The van der Waals surface area contributed by atoms with Gasteiger partial charge in [0.15, 0.2) is 5.78 Å². The maximum atomic E-state index is 12.7. The number of aryl methyl sites for hydroxylation is 4. The number of H-pyrrole nitrogens is 1. The van der Waals surface area contributed by atoms with E-state index in [0.717, 1.165) is 51.1 Å². The zero-order chi connectivity index (χ0) is 19.8. The van der Waals surface area contributed by atoms with Gasteiger partial charge in [0.25, 0.3) is 0 Å². The van der Waals surface area contributed by atoms with Crippen molar-refractivity contribution in [3.05, 3.63) is 69.4 Å². The number of pyridine rings is 2. The molecule has 0 radical (unpaired) electrons. The summed E-state index contributed by atoms with van der Waals surface area (Å²) in [4.78, 5) is 27.3. The van der Waals surface area contributed by atoms with E-state index in [9.17, 15) is 4.79 Å². The van der Waals surface area contributed by atoms with Gasteiger partial charge in [-0.1, -0.05) is 0 Å². The number of ketones is 1. The lowest BCUT2D eigenvalue weighted by Gasteiger charge is -2.08. The standard InChI is InChI=1S/C24H23N3OS/c1-15-12-17(18-8-10-25-24-19(18)9-11-26-24)14-27-20(15)6-7-21(28)23-13-16-4-2-3-5-22(16)29-23/h8-14H,2-7H2,1H3,(H,25,26). The number of carbonyl (C=O) groups excluding carboxylic acids is 1. The zero-order valence-corrected chi connectivity index (χ0v) is 17.3. The molecular formula is C24H23N3OS. The van der Waals surface area contributed by atoms with Gasteiger partial charge in [-0.05, 0) is 80.0 Å². The van der Waals surface area contributed by atoms with Crippen molar-refractivity contribution in [2.45, 2.75) is 45.4 Å². The predicted molar refractivity (Wildman–Crippen MR) is 118 cm³/mol. The van der Waals surface area contributed by atoms with Gasteiger partial charge < -0.3 is 4.98 Å². The summed E-state index contributed by atoms with van der Waals surface area (Å²) in [6, 6.07) is 8.36. The van der Waals surface area contributed by atoms with Crippen LogP contribution >= 0.6 is 11.3 Å². The van der Waals surface area contributed by atoms with Crippen LogP contribution in [0, 0.1) is 6.92 Å². The van der Waals surface area contributed by atoms with E-state index in [1.54, 1.807) is 11.3 Å². The first-order chi connectivity index (χ1) is 14.2. The molecule has 0 spiro atoms. The van der Waals surface area contributed by atoms with Crippen LogP contribution in [0.5, 0.6) is 0 Å². The van der Waals surface area contributed by atoms with Crippen LogP contribution in [0.1, 0.15) is 50.6 Å². The van der Waals surface area contributed by atoms with Crippen LogP contribution < -0.4 is 0 Å². The summed E-state index contributed by atoms with van der Waals surface area (Å²) in [6.45, 7) is 2.08. The molecule has 0 unspecified atom stereocenters. The van der Waals surface area contributed by atoms with Crippen LogP contribution in [-0.2, 0) is 19.3 Å². The molecule has 29 heavy (non-hydrogen) atoms. The third-order valence-electron chi connectivity index (χ3n) is 5.82. The quantitative estimate of drug-likeness (QED) is 0.437. The summed E-state index contributed by atoms with van der Waals surface area (Å²) >= 11 is 1.71. The van der Waals surface area contributed by atoms with Crippen LogP contribution in [0.15, 0.2) is 42.9 Å². The Morgan fingerprint density at radius 1 is 1.17 bits per heavy atom. The Kier molecular flexibility index (Phi) is 4.76. The lowest BCUT2D eigenvalue weighted by Crippen LogP contribution is -2.02. The highest BCUT2D eigenvalue weighted by molar-refractivity contribution is 7.14. The predicted octanol–water partition coefficient (Wildman–Crippen LogP) is 5.69. The zero-order valence-electron chi connectivity index (χ0n) is 16.5. The highest BCUT2D eigenvalue weighted by Crippen LogP contribution is 2.31. The van der Waals surface area contributed by atoms with E-state index in [2.05, 4.69) is 29.0 Å². The monoisotopic (exact) mass is 401 g/mol. The lowest BCUT2D eigenvalue weighted by atomic mass is 9.98. The van der Waals surface area contributed by atoms with Crippen LogP contribution in [0.4, 0.5) is 0 Å².